The standard InChI is InChI=1S/C18H27N3O2/c1-14-6-4-9-19-17(14)20-18(22)15-7-5-10-21(12-15)13-16-8-2-3-11-23-16/h4,6,9,15-16H,2-3,5,7-8,10-13H2,1H3,(H,19,20,22)/t15-,16-/m0/s1. The van der Waals surface area contributed by atoms with E-state index in [1.165, 1.54) is 12.8 Å². The lowest BCUT2D eigenvalue weighted by Gasteiger charge is -2.35. The van der Waals surface area contributed by atoms with Gasteiger partial charge in [-0.05, 0) is 57.2 Å². The first-order valence-electron chi connectivity index (χ1n) is 8.79. The van der Waals surface area contributed by atoms with Crippen molar-refractivity contribution in [3.63, 3.8) is 0 Å². The van der Waals surface area contributed by atoms with Gasteiger partial charge in [0.1, 0.15) is 5.82 Å². The molecule has 1 N–H and O–H groups in total. The smallest absolute Gasteiger partial charge is 0.229 e. The number of nitrogens with one attached hydrogen (secondary N) is 1. The number of rotatable bonds is 4. The Kier molecular flexibility index (Phi) is 5.62. The van der Waals surface area contributed by atoms with Gasteiger partial charge in [0, 0.05) is 25.9 Å². The molecule has 126 valence electrons. The zero-order valence-electron chi connectivity index (χ0n) is 14.0. The van der Waals surface area contributed by atoms with E-state index in [0.717, 1.165) is 51.1 Å². The molecule has 23 heavy (non-hydrogen) atoms. The summed E-state index contributed by atoms with van der Waals surface area (Å²) in [5.41, 5.74) is 1.00. The van der Waals surface area contributed by atoms with Crippen LogP contribution >= 0.6 is 0 Å². The fourth-order valence-electron chi connectivity index (χ4n) is 3.51. The van der Waals surface area contributed by atoms with E-state index < -0.39 is 0 Å². The Morgan fingerprint density at radius 3 is 3.09 bits per heavy atom. The first kappa shape index (κ1) is 16.4. The molecule has 2 saturated heterocycles. The molecule has 1 amide bonds. The minimum absolute atomic E-state index is 0.0498. The van der Waals surface area contributed by atoms with Crippen LogP contribution in [-0.2, 0) is 9.53 Å². The highest BCUT2D eigenvalue weighted by Gasteiger charge is 2.28. The number of pyridine rings is 1. The number of likely N-dealkylation sites (tertiary alicyclic amines) is 1. The van der Waals surface area contributed by atoms with Crippen LogP contribution in [0.4, 0.5) is 5.82 Å². The van der Waals surface area contributed by atoms with Gasteiger partial charge in [-0.1, -0.05) is 6.07 Å². The van der Waals surface area contributed by atoms with Gasteiger partial charge in [-0.25, -0.2) is 4.98 Å². The van der Waals surface area contributed by atoms with Crippen molar-refractivity contribution in [2.75, 3.05) is 31.6 Å². The van der Waals surface area contributed by atoms with Gasteiger partial charge >= 0.3 is 0 Å². The highest BCUT2D eigenvalue weighted by molar-refractivity contribution is 5.92. The summed E-state index contributed by atoms with van der Waals surface area (Å²) < 4.78 is 5.84. The molecular weight excluding hydrogens is 290 g/mol. The molecule has 5 nitrogen and oxygen atoms in total. The van der Waals surface area contributed by atoms with Crippen LogP contribution in [0, 0.1) is 12.8 Å². The maximum atomic E-state index is 12.5. The molecule has 0 aliphatic carbocycles. The summed E-state index contributed by atoms with van der Waals surface area (Å²) in [6.45, 7) is 5.73. The van der Waals surface area contributed by atoms with Crippen LogP contribution in [0.5, 0.6) is 0 Å². The molecule has 0 radical (unpaired) electrons. The monoisotopic (exact) mass is 317 g/mol. The molecule has 0 unspecified atom stereocenters. The Morgan fingerprint density at radius 1 is 1.39 bits per heavy atom. The van der Waals surface area contributed by atoms with Crippen molar-refractivity contribution in [1.82, 2.24) is 9.88 Å². The number of amides is 1. The summed E-state index contributed by atoms with van der Waals surface area (Å²) in [7, 11) is 0. The molecule has 5 heteroatoms. The van der Waals surface area contributed by atoms with Gasteiger partial charge in [0.05, 0.1) is 12.0 Å². The SMILES string of the molecule is Cc1cccnc1NC(=O)[C@H]1CCCN(C[C@@H]2CCCCO2)C1. The Balaban J connectivity index is 1.53. The lowest BCUT2D eigenvalue weighted by atomic mass is 9.96. The topological polar surface area (TPSA) is 54.5 Å². The normalized spacial score (nSPS) is 26.0. The molecule has 0 bridgehead atoms. The van der Waals surface area contributed by atoms with Crippen molar-refractivity contribution in [2.24, 2.45) is 5.92 Å². The van der Waals surface area contributed by atoms with Crippen LogP contribution in [0.1, 0.15) is 37.7 Å². The molecular formula is C18H27N3O2. The first-order chi connectivity index (χ1) is 11.2. The summed E-state index contributed by atoms with van der Waals surface area (Å²) in [6, 6.07) is 3.85. The van der Waals surface area contributed by atoms with Crippen molar-refractivity contribution in [2.45, 2.75) is 45.1 Å². The summed E-state index contributed by atoms with van der Waals surface area (Å²) >= 11 is 0. The van der Waals surface area contributed by atoms with Crippen LogP contribution in [0.15, 0.2) is 18.3 Å². The molecule has 0 saturated carbocycles. The van der Waals surface area contributed by atoms with E-state index in [-0.39, 0.29) is 11.8 Å². The summed E-state index contributed by atoms with van der Waals surface area (Å²) in [5, 5.41) is 3.00. The molecule has 2 aliphatic heterocycles. The van der Waals surface area contributed by atoms with Gasteiger partial charge in [0.2, 0.25) is 5.91 Å². The van der Waals surface area contributed by atoms with E-state index in [0.29, 0.717) is 11.9 Å². The third-order valence-corrected chi connectivity index (χ3v) is 4.86. The maximum absolute atomic E-state index is 12.5. The van der Waals surface area contributed by atoms with E-state index in [9.17, 15) is 4.79 Å². The van der Waals surface area contributed by atoms with Crippen LogP contribution in [0.2, 0.25) is 0 Å². The molecule has 2 fully saturated rings. The minimum atomic E-state index is 0.0498. The first-order valence-corrected chi connectivity index (χ1v) is 8.79. The molecule has 0 spiro atoms. The zero-order chi connectivity index (χ0) is 16.1. The Morgan fingerprint density at radius 2 is 2.30 bits per heavy atom. The maximum Gasteiger partial charge on any atom is 0.229 e. The molecule has 3 rings (SSSR count). The van der Waals surface area contributed by atoms with E-state index in [2.05, 4.69) is 15.2 Å². The fraction of sp³-hybridized carbons (Fsp3) is 0.667. The molecule has 1 aromatic heterocycles. The largest absolute Gasteiger partial charge is 0.377 e. The second kappa shape index (κ2) is 7.88. The number of anilines is 1. The third-order valence-electron chi connectivity index (χ3n) is 4.86. The lowest BCUT2D eigenvalue weighted by Crippen LogP contribution is -2.44. The number of ether oxygens (including phenoxy) is 1. The van der Waals surface area contributed by atoms with Gasteiger partial charge in [0.25, 0.3) is 0 Å². The van der Waals surface area contributed by atoms with E-state index in [4.69, 9.17) is 4.74 Å². The van der Waals surface area contributed by atoms with Crippen LogP contribution in [0.25, 0.3) is 0 Å². The number of nitrogens with zero attached hydrogens (tertiary/aromatic N) is 2. The van der Waals surface area contributed by atoms with Gasteiger partial charge in [0.15, 0.2) is 0 Å². The van der Waals surface area contributed by atoms with Crippen molar-refractivity contribution in [3.8, 4) is 0 Å². The number of aromatic nitrogens is 1. The van der Waals surface area contributed by atoms with E-state index >= 15 is 0 Å². The lowest BCUT2D eigenvalue weighted by molar-refractivity contribution is -0.122. The Labute approximate surface area is 138 Å². The Hall–Kier alpha value is -1.46. The zero-order valence-corrected chi connectivity index (χ0v) is 14.0. The summed E-state index contributed by atoms with van der Waals surface area (Å²) in [6.07, 6.45) is 7.71. The third kappa shape index (κ3) is 4.52. The van der Waals surface area contributed by atoms with Gasteiger partial charge in [-0.3, -0.25) is 9.69 Å². The molecule has 2 aliphatic rings. The summed E-state index contributed by atoms with van der Waals surface area (Å²) in [4.78, 5) is 19.2. The predicted molar refractivity (Wildman–Crippen MR) is 90.4 cm³/mol. The highest BCUT2D eigenvalue weighted by Crippen LogP contribution is 2.21. The average molecular weight is 317 g/mol. The van der Waals surface area contributed by atoms with E-state index in [1.807, 2.05) is 19.1 Å². The van der Waals surface area contributed by atoms with Gasteiger partial charge in [-0.2, -0.15) is 0 Å². The number of aryl methyl sites for hydroxylation is 1. The van der Waals surface area contributed by atoms with Gasteiger partial charge < -0.3 is 10.1 Å². The van der Waals surface area contributed by atoms with E-state index in [1.54, 1.807) is 6.20 Å². The van der Waals surface area contributed by atoms with Crippen molar-refractivity contribution in [3.05, 3.63) is 23.9 Å². The molecule has 1 aromatic rings. The fourth-order valence-corrected chi connectivity index (χ4v) is 3.51. The average Bonchev–Trinajstić information content (AvgIpc) is 2.58. The number of hydrogen-bond acceptors (Lipinski definition) is 4. The van der Waals surface area contributed by atoms with Crippen molar-refractivity contribution in [1.29, 1.82) is 0 Å². The summed E-state index contributed by atoms with van der Waals surface area (Å²) in [5.74, 6) is 0.833. The second-order valence-electron chi connectivity index (χ2n) is 6.75. The highest BCUT2D eigenvalue weighted by atomic mass is 16.5. The van der Waals surface area contributed by atoms with Crippen LogP contribution < -0.4 is 5.32 Å². The number of piperidine rings is 1. The Bertz CT molecular complexity index is 529. The number of carbonyl (C=O) groups excluding carboxylic acids is 1. The molecule has 3 heterocycles. The number of carbonyl (C=O) groups is 1. The molecule has 2 atom stereocenters. The van der Waals surface area contributed by atoms with Crippen LogP contribution in [-0.4, -0.2) is 48.1 Å². The minimum Gasteiger partial charge on any atom is -0.377 e. The van der Waals surface area contributed by atoms with Gasteiger partial charge in [-0.15, -0.1) is 0 Å². The quantitative estimate of drug-likeness (QED) is 0.927. The van der Waals surface area contributed by atoms with Crippen molar-refractivity contribution >= 4 is 11.7 Å². The van der Waals surface area contributed by atoms with Crippen molar-refractivity contribution < 1.29 is 9.53 Å². The molecule has 0 aromatic carbocycles. The second-order valence-corrected chi connectivity index (χ2v) is 6.75. The predicted octanol–water partition coefficient (Wildman–Crippen LogP) is 2.61. The van der Waals surface area contributed by atoms with Crippen LogP contribution in [0.3, 0.4) is 0 Å². The number of hydrogen-bond donors (Lipinski definition) is 1.